The Kier molecular flexibility index (Phi) is 22.1. The van der Waals surface area contributed by atoms with Gasteiger partial charge in [-0.2, -0.15) is 0 Å². The number of carbonyl (C=O) groups excluding carboxylic acids is 2. The van der Waals surface area contributed by atoms with E-state index in [0.29, 0.717) is 26.1 Å². The molecule has 0 rings (SSSR count). The molecule has 0 aliphatic rings. The fourth-order valence-corrected chi connectivity index (χ4v) is 1.19. The SMILES string of the molecule is C#CCCN(C)C(=O)C=C.C=CCN(CC#CC)C(=O)C=C.CC. The maximum atomic E-state index is 11.1. The Morgan fingerprint density at radius 1 is 1.12 bits per heavy atom. The van der Waals surface area contributed by atoms with E-state index in [2.05, 4.69) is 37.5 Å². The normalized spacial score (nSPS) is 7.46. The zero-order valence-corrected chi connectivity index (χ0v) is 15.5. The molecule has 0 bridgehead atoms. The van der Waals surface area contributed by atoms with Gasteiger partial charge in [-0.05, 0) is 19.1 Å². The number of likely N-dealkylation sites (N-methyl/N-ethyl adjacent to an activating group) is 1. The van der Waals surface area contributed by atoms with Crippen molar-refractivity contribution >= 4 is 11.8 Å². The monoisotopic (exact) mass is 330 g/mol. The molecule has 132 valence electrons. The van der Waals surface area contributed by atoms with Gasteiger partial charge in [0.05, 0.1) is 6.54 Å². The molecule has 0 atom stereocenters. The highest BCUT2D eigenvalue weighted by molar-refractivity contribution is 5.87. The predicted molar refractivity (Wildman–Crippen MR) is 103 cm³/mol. The summed E-state index contributed by atoms with van der Waals surface area (Å²) in [7, 11) is 1.70. The van der Waals surface area contributed by atoms with Gasteiger partial charge in [-0.1, -0.05) is 39.0 Å². The topological polar surface area (TPSA) is 40.6 Å². The van der Waals surface area contributed by atoms with E-state index in [4.69, 9.17) is 6.42 Å². The van der Waals surface area contributed by atoms with Gasteiger partial charge in [-0.25, -0.2) is 0 Å². The molecule has 0 spiro atoms. The molecule has 0 aromatic rings. The predicted octanol–water partition coefficient (Wildman–Crippen LogP) is 2.89. The van der Waals surface area contributed by atoms with Gasteiger partial charge in [0.15, 0.2) is 0 Å². The van der Waals surface area contributed by atoms with E-state index in [1.165, 1.54) is 17.1 Å². The van der Waals surface area contributed by atoms with Crippen LogP contribution in [0.1, 0.15) is 27.2 Å². The van der Waals surface area contributed by atoms with Gasteiger partial charge < -0.3 is 9.80 Å². The van der Waals surface area contributed by atoms with Crippen molar-refractivity contribution in [3.63, 3.8) is 0 Å². The summed E-state index contributed by atoms with van der Waals surface area (Å²) in [5, 5.41) is 0. The first kappa shape index (κ1) is 26.2. The summed E-state index contributed by atoms with van der Waals surface area (Å²) < 4.78 is 0. The largest absolute Gasteiger partial charge is 0.341 e. The number of rotatable bonds is 7. The first-order valence-electron chi connectivity index (χ1n) is 7.71. The number of hydrogen-bond acceptors (Lipinski definition) is 2. The van der Waals surface area contributed by atoms with Crippen LogP contribution < -0.4 is 0 Å². The fourth-order valence-electron chi connectivity index (χ4n) is 1.19. The van der Waals surface area contributed by atoms with Crippen LogP contribution in [0.5, 0.6) is 0 Å². The maximum Gasteiger partial charge on any atom is 0.247 e. The molecule has 24 heavy (non-hydrogen) atoms. The summed E-state index contributed by atoms with van der Waals surface area (Å²) >= 11 is 0. The molecule has 0 aliphatic heterocycles. The minimum atomic E-state index is -0.113. The lowest BCUT2D eigenvalue weighted by Crippen LogP contribution is -2.29. The fraction of sp³-hybridized carbons (Fsp3) is 0.400. The van der Waals surface area contributed by atoms with Crippen molar-refractivity contribution in [1.82, 2.24) is 9.80 Å². The number of hydrogen-bond donors (Lipinski definition) is 0. The minimum Gasteiger partial charge on any atom is -0.341 e. The Bertz CT molecular complexity index is 490. The lowest BCUT2D eigenvalue weighted by atomic mass is 10.4. The Morgan fingerprint density at radius 2 is 1.67 bits per heavy atom. The third-order valence-corrected chi connectivity index (χ3v) is 2.42. The molecular weight excluding hydrogens is 300 g/mol. The molecule has 4 nitrogen and oxygen atoms in total. The van der Waals surface area contributed by atoms with Crippen LogP contribution in [-0.4, -0.2) is 48.3 Å². The van der Waals surface area contributed by atoms with Gasteiger partial charge in [0, 0.05) is 26.6 Å². The van der Waals surface area contributed by atoms with Gasteiger partial charge in [-0.3, -0.25) is 9.59 Å². The minimum absolute atomic E-state index is 0.0877. The van der Waals surface area contributed by atoms with Crippen LogP contribution in [0.25, 0.3) is 0 Å². The Balaban J connectivity index is -0.000000337. The van der Waals surface area contributed by atoms with Crippen LogP contribution in [0.15, 0.2) is 38.0 Å². The molecule has 0 aliphatic carbocycles. The first-order valence-corrected chi connectivity index (χ1v) is 7.71. The quantitative estimate of drug-likeness (QED) is 0.409. The number of terminal acetylenes is 1. The van der Waals surface area contributed by atoms with E-state index in [1.54, 1.807) is 24.9 Å². The highest BCUT2D eigenvalue weighted by atomic mass is 16.2. The van der Waals surface area contributed by atoms with Crippen molar-refractivity contribution in [2.24, 2.45) is 0 Å². The van der Waals surface area contributed by atoms with E-state index in [0.717, 1.165) is 0 Å². The highest BCUT2D eigenvalue weighted by Crippen LogP contribution is 1.90. The molecule has 0 saturated heterocycles. The van der Waals surface area contributed by atoms with E-state index >= 15 is 0 Å². The molecule has 0 radical (unpaired) electrons. The third-order valence-electron chi connectivity index (χ3n) is 2.42. The molecule has 0 fully saturated rings. The lowest BCUT2D eigenvalue weighted by molar-refractivity contribution is -0.125. The Labute approximate surface area is 147 Å². The van der Waals surface area contributed by atoms with Crippen LogP contribution in [0, 0.1) is 24.2 Å². The van der Waals surface area contributed by atoms with E-state index in [-0.39, 0.29) is 11.8 Å². The van der Waals surface area contributed by atoms with E-state index < -0.39 is 0 Å². The first-order chi connectivity index (χ1) is 11.5. The Morgan fingerprint density at radius 3 is 2.04 bits per heavy atom. The zero-order valence-electron chi connectivity index (χ0n) is 15.5. The van der Waals surface area contributed by atoms with Crippen molar-refractivity contribution in [3.8, 4) is 24.2 Å². The second-order valence-electron chi connectivity index (χ2n) is 4.06. The molecule has 0 N–H and O–H groups in total. The van der Waals surface area contributed by atoms with Crippen molar-refractivity contribution in [2.75, 3.05) is 26.7 Å². The molecule has 0 unspecified atom stereocenters. The molecule has 4 heteroatoms. The van der Waals surface area contributed by atoms with Crippen molar-refractivity contribution in [2.45, 2.75) is 27.2 Å². The van der Waals surface area contributed by atoms with Crippen molar-refractivity contribution in [3.05, 3.63) is 38.0 Å². The zero-order chi connectivity index (χ0) is 19.4. The van der Waals surface area contributed by atoms with Crippen LogP contribution in [-0.2, 0) is 9.59 Å². The van der Waals surface area contributed by atoms with Crippen molar-refractivity contribution < 1.29 is 9.59 Å². The summed E-state index contributed by atoms with van der Waals surface area (Å²) in [4.78, 5) is 25.0. The summed E-state index contributed by atoms with van der Waals surface area (Å²) in [5.41, 5.74) is 0. The summed E-state index contributed by atoms with van der Waals surface area (Å²) in [6.07, 6.45) is 9.82. The van der Waals surface area contributed by atoms with Gasteiger partial charge >= 0.3 is 0 Å². The van der Waals surface area contributed by atoms with Crippen LogP contribution in [0.3, 0.4) is 0 Å². The molecule has 0 heterocycles. The molecule has 0 aromatic carbocycles. The van der Waals surface area contributed by atoms with E-state index in [1.807, 2.05) is 13.8 Å². The average molecular weight is 330 g/mol. The van der Waals surface area contributed by atoms with Crippen LogP contribution >= 0.6 is 0 Å². The smallest absolute Gasteiger partial charge is 0.247 e. The number of carbonyl (C=O) groups is 2. The highest BCUT2D eigenvalue weighted by Gasteiger charge is 2.04. The lowest BCUT2D eigenvalue weighted by Gasteiger charge is -2.15. The molecular formula is C20H30N2O2. The molecule has 0 aromatic heterocycles. The van der Waals surface area contributed by atoms with Crippen LogP contribution in [0.4, 0.5) is 0 Å². The average Bonchev–Trinajstić information content (AvgIpc) is 2.63. The second kappa shape index (κ2) is 20.3. The summed E-state index contributed by atoms with van der Waals surface area (Å²) in [6.45, 7) is 17.6. The maximum absolute atomic E-state index is 11.1. The molecule has 0 saturated carbocycles. The number of amides is 2. The Hall–Kier alpha value is -2.72. The van der Waals surface area contributed by atoms with Gasteiger partial charge in [0.1, 0.15) is 0 Å². The van der Waals surface area contributed by atoms with Gasteiger partial charge in [0.25, 0.3) is 0 Å². The number of nitrogens with zero attached hydrogens (tertiary/aromatic N) is 2. The van der Waals surface area contributed by atoms with Crippen molar-refractivity contribution in [1.29, 1.82) is 0 Å². The third kappa shape index (κ3) is 15.7. The van der Waals surface area contributed by atoms with Gasteiger partial charge in [-0.15, -0.1) is 24.8 Å². The van der Waals surface area contributed by atoms with Gasteiger partial charge in [0.2, 0.25) is 11.8 Å². The van der Waals surface area contributed by atoms with Crippen LogP contribution in [0.2, 0.25) is 0 Å². The second-order valence-corrected chi connectivity index (χ2v) is 4.06. The molecule has 2 amide bonds. The summed E-state index contributed by atoms with van der Waals surface area (Å²) in [5.74, 6) is 7.78. The summed E-state index contributed by atoms with van der Waals surface area (Å²) in [6, 6.07) is 0. The standard InChI is InChI=1S/C10H13NO.C8H11NO.C2H6/c1-4-7-9-11(8-5-2)10(12)6-3;1-4-6-7-9(3)8(10)5-2;1-2/h5-6H,2-3,8-9H2,1H3;1,5H,2,6-7H2,3H3;1-2H3. The van der Waals surface area contributed by atoms with E-state index in [9.17, 15) is 9.59 Å².